The van der Waals surface area contributed by atoms with Crippen LogP contribution in [0.5, 0.6) is 0 Å². The van der Waals surface area contributed by atoms with Crippen molar-refractivity contribution in [3.05, 3.63) is 41.2 Å². The van der Waals surface area contributed by atoms with Crippen LogP contribution in [0.2, 0.25) is 0 Å². The van der Waals surface area contributed by atoms with Crippen molar-refractivity contribution in [2.24, 2.45) is 7.05 Å². The summed E-state index contributed by atoms with van der Waals surface area (Å²) in [6.45, 7) is 5.19. The van der Waals surface area contributed by atoms with Gasteiger partial charge in [-0.1, -0.05) is 0 Å². The zero-order valence-electron chi connectivity index (χ0n) is 12.5. The molecule has 0 fully saturated rings. The van der Waals surface area contributed by atoms with Gasteiger partial charge in [0.05, 0.1) is 17.1 Å². The van der Waals surface area contributed by atoms with Gasteiger partial charge in [-0.15, -0.1) is 0 Å². The molecule has 0 unspecified atom stereocenters. The number of carbonyl (C=O) groups is 2. The highest BCUT2D eigenvalue weighted by Gasteiger charge is 2.13. The SMILES string of the molecule is CC(=O)Nc1ccc(C(=O)Nc2c(C)nn(C)c2C)cc1. The van der Waals surface area contributed by atoms with Gasteiger partial charge in [0.2, 0.25) is 5.91 Å². The highest BCUT2D eigenvalue weighted by Crippen LogP contribution is 2.19. The van der Waals surface area contributed by atoms with Gasteiger partial charge < -0.3 is 10.6 Å². The van der Waals surface area contributed by atoms with Crippen LogP contribution >= 0.6 is 0 Å². The van der Waals surface area contributed by atoms with Gasteiger partial charge >= 0.3 is 0 Å². The van der Waals surface area contributed by atoms with Crippen molar-refractivity contribution in [2.75, 3.05) is 10.6 Å². The van der Waals surface area contributed by atoms with Gasteiger partial charge in [-0.25, -0.2) is 0 Å². The van der Waals surface area contributed by atoms with Crippen LogP contribution in [0.3, 0.4) is 0 Å². The number of nitrogens with zero attached hydrogens (tertiary/aromatic N) is 2. The van der Waals surface area contributed by atoms with E-state index in [1.807, 2.05) is 20.9 Å². The summed E-state index contributed by atoms with van der Waals surface area (Å²) in [5, 5.41) is 9.78. The molecule has 0 spiro atoms. The van der Waals surface area contributed by atoms with Crippen LogP contribution in [0.15, 0.2) is 24.3 Å². The topological polar surface area (TPSA) is 76.0 Å². The molecule has 2 rings (SSSR count). The minimum absolute atomic E-state index is 0.145. The Labute approximate surface area is 123 Å². The third kappa shape index (κ3) is 3.28. The van der Waals surface area contributed by atoms with E-state index in [4.69, 9.17) is 0 Å². The fourth-order valence-corrected chi connectivity index (χ4v) is 2.05. The molecule has 2 N–H and O–H groups in total. The third-order valence-electron chi connectivity index (χ3n) is 3.22. The lowest BCUT2D eigenvalue weighted by Crippen LogP contribution is -2.13. The molecular weight excluding hydrogens is 268 g/mol. The van der Waals surface area contributed by atoms with Crippen molar-refractivity contribution in [1.29, 1.82) is 0 Å². The maximum atomic E-state index is 12.2. The second-order valence-corrected chi connectivity index (χ2v) is 4.88. The molecule has 1 aromatic heterocycles. The molecule has 1 aromatic carbocycles. The van der Waals surface area contributed by atoms with Gasteiger partial charge in [-0.05, 0) is 38.1 Å². The first-order valence-corrected chi connectivity index (χ1v) is 6.57. The number of amides is 2. The van der Waals surface area contributed by atoms with Crippen LogP contribution in [0.25, 0.3) is 0 Å². The number of carbonyl (C=O) groups excluding carboxylic acids is 2. The number of aryl methyl sites for hydroxylation is 2. The summed E-state index contributed by atoms with van der Waals surface area (Å²) in [4.78, 5) is 23.2. The van der Waals surface area contributed by atoms with Crippen molar-refractivity contribution >= 4 is 23.2 Å². The van der Waals surface area contributed by atoms with Gasteiger partial charge in [0.1, 0.15) is 0 Å². The Morgan fingerprint density at radius 1 is 1.10 bits per heavy atom. The lowest BCUT2D eigenvalue weighted by Gasteiger charge is -2.07. The maximum absolute atomic E-state index is 12.2. The average Bonchev–Trinajstić information content (AvgIpc) is 2.65. The first-order valence-electron chi connectivity index (χ1n) is 6.57. The van der Waals surface area contributed by atoms with Gasteiger partial charge in [-0.2, -0.15) is 5.10 Å². The molecule has 2 aromatic rings. The summed E-state index contributed by atoms with van der Waals surface area (Å²) in [7, 11) is 1.83. The van der Waals surface area contributed by atoms with Crippen LogP contribution < -0.4 is 10.6 Å². The lowest BCUT2D eigenvalue weighted by molar-refractivity contribution is -0.114. The first kappa shape index (κ1) is 14.8. The van der Waals surface area contributed by atoms with Crippen molar-refractivity contribution in [1.82, 2.24) is 9.78 Å². The predicted molar refractivity (Wildman–Crippen MR) is 81.4 cm³/mol. The highest BCUT2D eigenvalue weighted by atomic mass is 16.2. The lowest BCUT2D eigenvalue weighted by atomic mass is 10.2. The normalized spacial score (nSPS) is 10.3. The van der Waals surface area contributed by atoms with E-state index in [2.05, 4.69) is 15.7 Å². The molecule has 0 saturated heterocycles. The second-order valence-electron chi connectivity index (χ2n) is 4.88. The van der Waals surface area contributed by atoms with E-state index >= 15 is 0 Å². The van der Waals surface area contributed by atoms with E-state index in [0.29, 0.717) is 11.3 Å². The monoisotopic (exact) mass is 286 g/mol. The number of rotatable bonds is 3. The maximum Gasteiger partial charge on any atom is 0.255 e. The summed E-state index contributed by atoms with van der Waals surface area (Å²) in [6, 6.07) is 6.72. The van der Waals surface area contributed by atoms with Gasteiger partial charge in [0, 0.05) is 25.2 Å². The molecule has 110 valence electrons. The zero-order valence-corrected chi connectivity index (χ0v) is 12.5. The standard InChI is InChI=1S/C15H18N4O2/c1-9-14(10(2)19(4)18-9)17-15(21)12-5-7-13(8-6-12)16-11(3)20/h5-8H,1-4H3,(H,16,20)(H,17,21). The number of aromatic nitrogens is 2. The van der Waals surface area contributed by atoms with E-state index in [0.717, 1.165) is 17.1 Å². The summed E-state index contributed by atoms with van der Waals surface area (Å²) in [6.07, 6.45) is 0. The van der Waals surface area contributed by atoms with Crippen LogP contribution in [0, 0.1) is 13.8 Å². The first-order chi connectivity index (χ1) is 9.88. The minimum Gasteiger partial charge on any atom is -0.326 e. The number of nitrogens with one attached hydrogen (secondary N) is 2. The van der Waals surface area contributed by atoms with Gasteiger partial charge in [0.25, 0.3) is 5.91 Å². The molecule has 0 atom stereocenters. The van der Waals surface area contributed by atoms with Gasteiger partial charge in [-0.3, -0.25) is 14.3 Å². The van der Waals surface area contributed by atoms with E-state index < -0.39 is 0 Å². The molecule has 0 aliphatic rings. The Morgan fingerprint density at radius 3 is 2.19 bits per heavy atom. The number of hydrogen-bond acceptors (Lipinski definition) is 3. The molecule has 6 heteroatoms. The summed E-state index contributed by atoms with van der Waals surface area (Å²) in [5.41, 5.74) is 3.59. The van der Waals surface area contributed by atoms with Gasteiger partial charge in [0.15, 0.2) is 0 Å². The summed E-state index contributed by atoms with van der Waals surface area (Å²) < 4.78 is 1.73. The Bertz CT molecular complexity index is 686. The minimum atomic E-state index is -0.205. The van der Waals surface area contributed by atoms with Crippen LogP contribution in [0.1, 0.15) is 28.7 Å². The molecule has 0 radical (unpaired) electrons. The molecule has 2 amide bonds. The Morgan fingerprint density at radius 2 is 1.71 bits per heavy atom. The molecule has 0 saturated carbocycles. The van der Waals surface area contributed by atoms with E-state index in [9.17, 15) is 9.59 Å². The predicted octanol–water partition coefficient (Wildman–Crippen LogP) is 2.25. The largest absolute Gasteiger partial charge is 0.326 e. The average molecular weight is 286 g/mol. The molecule has 6 nitrogen and oxygen atoms in total. The highest BCUT2D eigenvalue weighted by molar-refractivity contribution is 6.05. The fraction of sp³-hybridized carbons (Fsp3) is 0.267. The molecule has 0 bridgehead atoms. The fourth-order valence-electron chi connectivity index (χ4n) is 2.05. The van der Waals surface area contributed by atoms with E-state index in [-0.39, 0.29) is 11.8 Å². The second kappa shape index (κ2) is 5.78. The molecule has 1 heterocycles. The van der Waals surface area contributed by atoms with Crippen LogP contribution in [-0.4, -0.2) is 21.6 Å². The number of benzene rings is 1. The number of anilines is 2. The quantitative estimate of drug-likeness (QED) is 0.908. The van der Waals surface area contributed by atoms with Crippen molar-refractivity contribution in [3.8, 4) is 0 Å². The molecule has 0 aliphatic carbocycles. The van der Waals surface area contributed by atoms with E-state index in [1.54, 1.807) is 28.9 Å². The van der Waals surface area contributed by atoms with E-state index in [1.165, 1.54) is 6.92 Å². The van der Waals surface area contributed by atoms with Crippen molar-refractivity contribution in [3.63, 3.8) is 0 Å². The van der Waals surface area contributed by atoms with Crippen molar-refractivity contribution in [2.45, 2.75) is 20.8 Å². The van der Waals surface area contributed by atoms with Crippen LogP contribution in [-0.2, 0) is 11.8 Å². The third-order valence-corrected chi connectivity index (χ3v) is 3.22. The summed E-state index contributed by atoms with van der Waals surface area (Å²) in [5.74, 6) is -0.350. The number of hydrogen-bond donors (Lipinski definition) is 2. The Kier molecular flexibility index (Phi) is 4.07. The smallest absolute Gasteiger partial charge is 0.255 e. The Balaban J connectivity index is 2.15. The molecule has 0 aliphatic heterocycles. The summed E-state index contributed by atoms with van der Waals surface area (Å²) >= 11 is 0. The molecular formula is C15H18N4O2. The van der Waals surface area contributed by atoms with Crippen LogP contribution in [0.4, 0.5) is 11.4 Å². The van der Waals surface area contributed by atoms with Crippen molar-refractivity contribution < 1.29 is 9.59 Å². The Hall–Kier alpha value is -2.63. The molecule has 21 heavy (non-hydrogen) atoms. The zero-order chi connectivity index (χ0) is 15.6.